The summed E-state index contributed by atoms with van der Waals surface area (Å²) in [6.07, 6.45) is 6.94. The summed E-state index contributed by atoms with van der Waals surface area (Å²) in [6, 6.07) is 10.9. The van der Waals surface area contributed by atoms with Gasteiger partial charge in [-0.05, 0) is 48.8 Å². The van der Waals surface area contributed by atoms with Crippen molar-refractivity contribution < 1.29 is 4.79 Å². The third-order valence-electron chi connectivity index (χ3n) is 6.43. The summed E-state index contributed by atoms with van der Waals surface area (Å²) in [6.45, 7) is 6.45. The second kappa shape index (κ2) is 7.76. The van der Waals surface area contributed by atoms with Gasteiger partial charge < -0.3 is 0 Å². The lowest BCUT2D eigenvalue weighted by molar-refractivity contribution is -0.120. The van der Waals surface area contributed by atoms with Crippen molar-refractivity contribution in [2.45, 2.75) is 58.3 Å². The summed E-state index contributed by atoms with van der Waals surface area (Å²) in [5.41, 5.74) is 8.67. The van der Waals surface area contributed by atoms with E-state index in [2.05, 4.69) is 66.3 Å². The third-order valence-corrected chi connectivity index (χ3v) is 6.43. The van der Waals surface area contributed by atoms with E-state index in [0.717, 1.165) is 46.6 Å². The van der Waals surface area contributed by atoms with Gasteiger partial charge in [0.05, 0.1) is 11.4 Å². The van der Waals surface area contributed by atoms with Gasteiger partial charge in [0, 0.05) is 35.7 Å². The Morgan fingerprint density at radius 2 is 1.84 bits per heavy atom. The number of hydrogen-bond acceptors (Lipinski definition) is 4. The Balaban J connectivity index is 1.51. The highest BCUT2D eigenvalue weighted by Crippen LogP contribution is 2.37. The number of rotatable bonds is 4. The molecule has 0 bridgehead atoms. The molecular formula is C25H27N5O. The predicted molar refractivity (Wildman–Crippen MR) is 121 cm³/mol. The number of benzene rings is 1. The number of carbonyl (C=O) groups excluding carboxylic acids is 1. The molecule has 0 atom stereocenters. The van der Waals surface area contributed by atoms with Crippen molar-refractivity contribution in [1.29, 1.82) is 0 Å². The first kappa shape index (κ1) is 19.7. The van der Waals surface area contributed by atoms with Gasteiger partial charge in [0.25, 0.3) is 0 Å². The van der Waals surface area contributed by atoms with Crippen molar-refractivity contribution in [2.24, 2.45) is 0 Å². The van der Waals surface area contributed by atoms with Gasteiger partial charge in [-0.25, -0.2) is 9.50 Å². The number of hydrogen-bond donors (Lipinski definition) is 1. The summed E-state index contributed by atoms with van der Waals surface area (Å²) in [5.74, 6) is 1.20. The summed E-state index contributed by atoms with van der Waals surface area (Å²) in [4.78, 5) is 15.9. The smallest absolute Gasteiger partial charge is 0.158 e. The molecule has 1 N–H and O–H groups in total. The maximum Gasteiger partial charge on any atom is 0.158 e. The maximum atomic E-state index is 11.6. The maximum absolute atomic E-state index is 11.6. The van der Waals surface area contributed by atoms with E-state index in [1.807, 2.05) is 10.7 Å². The van der Waals surface area contributed by atoms with Crippen LogP contribution in [0.4, 0.5) is 0 Å². The number of aryl methyl sites for hydroxylation is 1. The van der Waals surface area contributed by atoms with Gasteiger partial charge in [0.15, 0.2) is 5.65 Å². The van der Waals surface area contributed by atoms with Crippen LogP contribution in [0, 0.1) is 6.92 Å². The van der Waals surface area contributed by atoms with Crippen molar-refractivity contribution in [3.63, 3.8) is 0 Å². The fourth-order valence-corrected chi connectivity index (χ4v) is 4.77. The lowest BCUT2D eigenvalue weighted by Gasteiger charge is -2.21. The third kappa shape index (κ3) is 3.56. The van der Waals surface area contributed by atoms with Crippen LogP contribution in [0.5, 0.6) is 0 Å². The Bertz CT molecular complexity index is 1240. The minimum absolute atomic E-state index is 0.305. The van der Waals surface area contributed by atoms with Crippen molar-refractivity contribution in [3.05, 3.63) is 59.5 Å². The molecule has 0 saturated heterocycles. The second-order valence-corrected chi connectivity index (χ2v) is 8.89. The van der Waals surface area contributed by atoms with Gasteiger partial charge in [-0.1, -0.05) is 38.1 Å². The number of nitrogens with one attached hydrogen (secondary N) is 1. The Hall–Kier alpha value is -3.28. The van der Waals surface area contributed by atoms with Gasteiger partial charge in [-0.3, -0.25) is 9.89 Å². The number of fused-ring (bicyclic) bond motifs is 1. The molecule has 31 heavy (non-hydrogen) atoms. The van der Waals surface area contributed by atoms with Gasteiger partial charge in [-0.15, -0.1) is 0 Å². The molecule has 1 aliphatic carbocycles. The van der Waals surface area contributed by atoms with E-state index in [4.69, 9.17) is 5.10 Å². The fourth-order valence-electron chi connectivity index (χ4n) is 4.77. The molecule has 6 heteroatoms. The van der Waals surface area contributed by atoms with Crippen molar-refractivity contribution in [3.8, 4) is 22.5 Å². The topological polar surface area (TPSA) is 75.9 Å². The first-order valence-electron chi connectivity index (χ1n) is 11.0. The standard InChI is InChI=1S/C25H27N5O/c1-15(2)22-23(19-6-4-17(5-7-19)18-8-10-21(31)11-9-18)28-29-24(22)20-12-16(3)25-26-14-27-30(25)13-20/h4-7,12-15,18H,8-11H2,1-3H3,(H,28,29). The molecule has 1 saturated carbocycles. The largest absolute Gasteiger partial charge is 0.300 e. The molecule has 3 heterocycles. The van der Waals surface area contributed by atoms with Crippen LogP contribution in [-0.2, 0) is 4.79 Å². The summed E-state index contributed by atoms with van der Waals surface area (Å²) >= 11 is 0. The van der Waals surface area contributed by atoms with E-state index in [0.29, 0.717) is 30.5 Å². The number of aromatic nitrogens is 5. The lowest BCUT2D eigenvalue weighted by Crippen LogP contribution is -2.12. The number of ketones is 1. The highest BCUT2D eigenvalue weighted by Gasteiger charge is 2.22. The van der Waals surface area contributed by atoms with E-state index in [1.165, 1.54) is 11.1 Å². The summed E-state index contributed by atoms with van der Waals surface area (Å²) < 4.78 is 1.82. The van der Waals surface area contributed by atoms with Crippen LogP contribution in [-0.4, -0.2) is 30.6 Å². The first-order valence-corrected chi connectivity index (χ1v) is 11.0. The van der Waals surface area contributed by atoms with Crippen LogP contribution < -0.4 is 0 Å². The molecular weight excluding hydrogens is 386 g/mol. The van der Waals surface area contributed by atoms with Crippen molar-refractivity contribution in [1.82, 2.24) is 24.8 Å². The minimum Gasteiger partial charge on any atom is -0.300 e. The first-order chi connectivity index (χ1) is 15.0. The molecule has 3 aromatic heterocycles. The normalized spacial score (nSPS) is 15.3. The van der Waals surface area contributed by atoms with E-state index in [-0.39, 0.29) is 0 Å². The number of carbonyl (C=O) groups is 1. The van der Waals surface area contributed by atoms with Crippen LogP contribution >= 0.6 is 0 Å². The van der Waals surface area contributed by atoms with Gasteiger partial charge in [-0.2, -0.15) is 10.2 Å². The van der Waals surface area contributed by atoms with Crippen molar-refractivity contribution >= 4 is 11.4 Å². The molecule has 158 valence electrons. The highest BCUT2D eigenvalue weighted by atomic mass is 16.1. The molecule has 4 aromatic rings. The molecule has 1 aliphatic rings. The van der Waals surface area contributed by atoms with Crippen LogP contribution in [0.2, 0.25) is 0 Å². The van der Waals surface area contributed by atoms with Crippen LogP contribution in [0.25, 0.3) is 28.2 Å². The zero-order valence-electron chi connectivity index (χ0n) is 18.2. The molecule has 1 aromatic carbocycles. The molecule has 5 rings (SSSR count). The molecule has 0 aliphatic heterocycles. The van der Waals surface area contributed by atoms with Crippen LogP contribution in [0.1, 0.15) is 68.1 Å². The van der Waals surface area contributed by atoms with Gasteiger partial charge in [0.2, 0.25) is 0 Å². The van der Waals surface area contributed by atoms with Crippen LogP contribution in [0.3, 0.4) is 0 Å². The zero-order valence-corrected chi connectivity index (χ0v) is 18.2. The average Bonchev–Trinajstić information content (AvgIpc) is 3.42. The quantitative estimate of drug-likeness (QED) is 0.483. The van der Waals surface area contributed by atoms with E-state index < -0.39 is 0 Å². The summed E-state index contributed by atoms with van der Waals surface area (Å²) in [7, 11) is 0. The molecule has 0 spiro atoms. The number of pyridine rings is 1. The summed E-state index contributed by atoms with van der Waals surface area (Å²) in [5, 5.41) is 12.3. The second-order valence-electron chi connectivity index (χ2n) is 8.89. The predicted octanol–water partition coefficient (Wildman–Crippen LogP) is 5.44. The van der Waals surface area contributed by atoms with E-state index in [1.54, 1.807) is 6.33 Å². The number of nitrogens with zero attached hydrogens (tertiary/aromatic N) is 4. The fraction of sp³-hybridized carbons (Fsp3) is 0.360. The average molecular weight is 414 g/mol. The molecule has 0 unspecified atom stereocenters. The molecule has 6 nitrogen and oxygen atoms in total. The van der Waals surface area contributed by atoms with Crippen molar-refractivity contribution in [2.75, 3.05) is 0 Å². The SMILES string of the molecule is Cc1cc(-c2[nH]nc(-c3ccc(C4CCC(=O)CC4)cc3)c2C(C)C)cn2ncnc12. The number of H-pyrrole nitrogens is 1. The van der Waals surface area contributed by atoms with E-state index in [9.17, 15) is 4.79 Å². The van der Waals surface area contributed by atoms with Gasteiger partial charge in [0.1, 0.15) is 12.1 Å². The highest BCUT2D eigenvalue weighted by molar-refractivity contribution is 5.79. The number of Topliss-reactive ketones (excluding diaryl/α,β-unsaturated/α-hetero) is 1. The molecule has 1 fully saturated rings. The Morgan fingerprint density at radius 1 is 1.10 bits per heavy atom. The zero-order chi connectivity index (χ0) is 21.5. The minimum atomic E-state index is 0.305. The number of aromatic amines is 1. The Labute approximate surface area is 181 Å². The van der Waals surface area contributed by atoms with Gasteiger partial charge >= 0.3 is 0 Å². The van der Waals surface area contributed by atoms with E-state index >= 15 is 0 Å². The lowest BCUT2D eigenvalue weighted by atomic mass is 9.83. The Morgan fingerprint density at radius 3 is 2.55 bits per heavy atom. The molecule has 0 radical (unpaired) electrons. The van der Waals surface area contributed by atoms with Crippen LogP contribution in [0.15, 0.2) is 42.9 Å². The molecule has 0 amide bonds. The Kier molecular flexibility index (Phi) is 4.93. The monoisotopic (exact) mass is 413 g/mol.